The van der Waals surface area contributed by atoms with Crippen LogP contribution in [0.25, 0.3) is 10.9 Å². The number of ether oxygens (including phenoxy) is 1. The number of aromatic nitrogens is 1. The summed E-state index contributed by atoms with van der Waals surface area (Å²) in [5.41, 5.74) is 1.05. The first-order chi connectivity index (χ1) is 7.61. The van der Waals surface area contributed by atoms with Gasteiger partial charge >= 0.3 is 5.97 Å². The monoisotopic (exact) mass is 347 g/mol. The van der Waals surface area contributed by atoms with Crippen molar-refractivity contribution in [1.82, 2.24) is 4.98 Å². The summed E-state index contributed by atoms with van der Waals surface area (Å²) in [6.45, 7) is 0. The van der Waals surface area contributed by atoms with Gasteiger partial charge in [-0.25, -0.2) is 9.78 Å². The summed E-state index contributed by atoms with van der Waals surface area (Å²) in [5, 5.41) is 1.04. The van der Waals surface area contributed by atoms with Crippen molar-refractivity contribution >= 4 is 51.1 Å². The number of benzene rings is 1. The van der Waals surface area contributed by atoms with Crippen LogP contribution in [0.4, 0.5) is 0 Å². The molecule has 0 radical (unpaired) electrons. The first-order valence-electron chi connectivity index (χ1n) is 4.46. The molecule has 2 rings (SSSR count). The van der Waals surface area contributed by atoms with E-state index >= 15 is 0 Å². The van der Waals surface area contributed by atoms with Gasteiger partial charge in [-0.1, -0.05) is 11.6 Å². The lowest BCUT2D eigenvalue weighted by Crippen LogP contribution is -2.03. The second-order valence-corrected chi connectivity index (χ2v) is 4.76. The second kappa shape index (κ2) is 4.55. The highest BCUT2D eigenvalue weighted by Crippen LogP contribution is 2.22. The highest BCUT2D eigenvalue weighted by molar-refractivity contribution is 14.1. The number of hydrogen-bond acceptors (Lipinski definition) is 3. The minimum absolute atomic E-state index is 0.167. The molecule has 0 aliphatic heterocycles. The number of fused-ring (bicyclic) bond motifs is 1. The molecule has 16 heavy (non-hydrogen) atoms. The van der Waals surface area contributed by atoms with Crippen LogP contribution in [0.5, 0.6) is 0 Å². The van der Waals surface area contributed by atoms with Crippen molar-refractivity contribution in [3.63, 3.8) is 0 Å². The molecule has 5 heteroatoms. The van der Waals surface area contributed by atoms with E-state index in [9.17, 15) is 4.79 Å². The lowest BCUT2D eigenvalue weighted by molar-refractivity contribution is 0.0600. The first-order valence-corrected chi connectivity index (χ1v) is 5.91. The molecule has 1 aromatic carbocycles. The zero-order chi connectivity index (χ0) is 11.7. The predicted octanol–water partition coefficient (Wildman–Crippen LogP) is 3.28. The highest BCUT2D eigenvalue weighted by atomic mass is 127. The zero-order valence-electron chi connectivity index (χ0n) is 8.33. The molecule has 0 atom stereocenters. The largest absolute Gasteiger partial charge is 0.465 e. The number of hydrogen-bond donors (Lipinski definition) is 0. The van der Waals surface area contributed by atoms with E-state index in [0.717, 1.165) is 14.5 Å². The maximum absolute atomic E-state index is 11.4. The van der Waals surface area contributed by atoms with E-state index < -0.39 is 5.97 Å². The first kappa shape index (κ1) is 11.6. The molecule has 0 saturated carbocycles. The zero-order valence-corrected chi connectivity index (χ0v) is 11.2. The lowest BCUT2D eigenvalue weighted by Gasteiger charge is -2.04. The average molecular weight is 348 g/mol. The number of carbonyl (C=O) groups excluding carboxylic acids is 1. The summed E-state index contributed by atoms with van der Waals surface area (Å²) in [7, 11) is 1.32. The molecule has 0 spiro atoms. The Hall–Kier alpha value is -0.880. The molecular weight excluding hydrogens is 340 g/mol. The molecule has 3 nitrogen and oxygen atoms in total. The molecule has 2 aromatic rings. The molecule has 0 unspecified atom stereocenters. The summed E-state index contributed by atoms with van der Waals surface area (Å²) < 4.78 is 5.71. The fourth-order valence-electron chi connectivity index (χ4n) is 1.38. The predicted molar refractivity (Wildman–Crippen MR) is 70.8 cm³/mol. The van der Waals surface area contributed by atoms with Crippen LogP contribution in [-0.2, 0) is 4.74 Å². The molecule has 0 fully saturated rings. The van der Waals surface area contributed by atoms with Crippen LogP contribution in [0, 0.1) is 3.57 Å². The third kappa shape index (κ3) is 2.12. The number of pyridine rings is 1. The number of nitrogens with zero attached hydrogens (tertiary/aromatic N) is 1. The molecule has 0 aliphatic carbocycles. The van der Waals surface area contributed by atoms with Crippen molar-refractivity contribution in [1.29, 1.82) is 0 Å². The lowest BCUT2D eigenvalue weighted by atomic mass is 10.1. The highest BCUT2D eigenvalue weighted by Gasteiger charge is 2.13. The number of carbonyl (C=O) groups is 1. The second-order valence-electron chi connectivity index (χ2n) is 3.16. The minimum atomic E-state index is -0.474. The van der Waals surface area contributed by atoms with Crippen LogP contribution in [0.15, 0.2) is 24.3 Å². The molecule has 82 valence electrons. The molecule has 0 saturated heterocycles. The summed E-state index contributed by atoms with van der Waals surface area (Å²) in [5.74, 6) is -0.474. The van der Waals surface area contributed by atoms with Crippen LogP contribution in [0.2, 0.25) is 5.15 Å². The number of esters is 1. The van der Waals surface area contributed by atoms with Crippen molar-refractivity contribution in [3.05, 3.63) is 38.6 Å². The minimum Gasteiger partial charge on any atom is -0.465 e. The van der Waals surface area contributed by atoms with Crippen molar-refractivity contribution < 1.29 is 9.53 Å². The van der Waals surface area contributed by atoms with Crippen LogP contribution in [-0.4, -0.2) is 18.1 Å². The Morgan fingerprint density at radius 3 is 2.88 bits per heavy atom. The fraction of sp³-hybridized carbons (Fsp3) is 0.0909. The van der Waals surface area contributed by atoms with E-state index in [1.807, 2.05) is 18.2 Å². The Balaban J connectivity index is 2.68. The Labute approximate surface area is 111 Å². The van der Waals surface area contributed by atoms with E-state index in [0.29, 0.717) is 5.56 Å². The third-order valence-electron chi connectivity index (χ3n) is 2.14. The number of halogens is 2. The SMILES string of the molecule is COC(=O)c1cc2cc(I)ccc2nc1Cl. The third-order valence-corrected chi connectivity index (χ3v) is 3.09. The van der Waals surface area contributed by atoms with Gasteiger partial charge in [-0.05, 0) is 46.9 Å². The van der Waals surface area contributed by atoms with Gasteiger partial charge in [-0.15, -0.1) is 0 Å². The van der Waals surface area contributed by atoms with Crippen LogP contribution >= 0.6 is 34.2 Å². The molecule has 1 aromatic heterocycles. The van der Waals surface area contributed by atoms with E-state index in [1.54, 1.807) is 6.07 Å². The quantitative estimate of drug-likeness (QED) is 0.451. The fourth-order valence-corrected chi connectivity index (χ4v) is 2.11. The van der Waals surface area contributed by atoms with E-state index in [1.165, 1.54) is 7.11 Å². The van der Waals surface area contributed by atoms with E-state index in [-0.39, 0.29) is 5.15 Å². The van der Waals surface area contributed by atoms with Crippen LogP contribution in [0.1, 0.15) is 10.4 Å². The molecular formula is C11H7ClINO2. The summed E-state index contributed by atoms with van der Waals surface area (Å²) >= 11 is 8.10. The van der Waals surface area contributed by atoms with Gasteiger partial charge in [0.05, 0.1) is 18.2 Å². The summed E-state index contributed by atoms with van der Waals surface area (Å²) in [4.78, 5) is 15.6. The Bertz CT molecular complexity index is 571. The molecule has 1 heterocycles. The smallest absolute Gasteiger partial charge is 0.341 e. The standard InChI is InChI=1S/C11H7ClINO2/c1-16-11(15)8-5-6-4-7(13)2-3-9(6)14-10(8)12/h2-5H,1H3. The topological polar surface area (TPSA) is 39.2 Å². The van der Waals surface area contributed by atoms with E-state index in [4.69, 9.17) is 11.6 Å². The Kier molecular flexibility index (Phi) is 3.30. The maximum Gasteiger partial charge on any atom is 0.341 e. The number of methoxy groups -OCH3 is 1. The normalized spacial score (nSPS) is 10.4. The molecule has 0 amide bonds. The molecule has 0 bridgehead atoms. The number of rotatable bonds is 1. The van der Waals surface area contributed by atoms with Crippen molar-refractivity contribution in [2.45, 2.75) is 0 Å². The van der Waals surface area contributed by atoms with E-state index in [2.05, 4.69) is 32.3 Å². The van der Waals surface area contributed by atoms with Gasteiger partial charge in [0.2, 0.25) is 0 Å². The van der Waals surface area contributed by atoms with Gasteiger partial charge in [0.1, 0.15) is 5.15 Å². The Morgan fingerprint density at radius 1 is 1.44 bits per heavy atom. The van der Waals surface area contributed by atoms with Crippen LogP contribution in [0.3, 0.4) is 0 Å². The average Bonchev–Trinajstić information content (AvgIpc) is 2.28. The Morgan fingerprint density at radius 2 is 2.19 bits per heavy atom. The van der Waals surface area contributed by atoms with Gasteiger partial charge < -0.3 is 4.74 Å². The molecule has 0 N–H and O–H groups in total. The van der Waals surface area contributed by atoms with Gasteiger partial charge in [0.25, 0.3) is 0 Å². The van der Waals surface area contributed by atoms with Gasteiger partial charge in [0, 0.05) is 8.96 Å². The summed E-state index contributed by atoms with van der Waals surface area (Å²) in [6.07, 6.45) is 0. The molecule has 0 aliphatic rings. The van der Waals surface area contributed by atoms with Crippen molar-refractivity contribution in [2.24, 2.45) is 0 Å². The van der Waals surface area contributed by atoms with Crippen molar-refractivity contribution in [2.75, 3.05) is 7.11 Å². The van der Waals surface area contributed by atoms with Gasteiger partial charge in [-0.2, -0.15) is 0 Å². The van der Waals surface area contributed by atoms with Gasteiger partial charge in [-0.3, -0.25) is 0 Å². The summed E-state index contributed by atoms with van der Waals surface area (Å²) in [6, 6.07) is 7.43. The van der Waals surface area contributed by atoms with Crippen molar-refractivity contribution in [3.8, 4) is 0 Å². The maximum atomic E-state index is 11.4. The van der Waals surface area contributed by atoms with Gasteiger partial charge in [0.15, 0.2) is 0 Å². The van der Waals surface area contributed by atoms with Crippen LogP contribution < -0.4 is 0 Å².